The van der Waals surface area contributed by atoms with E-state index in [1.165, 1.54) is 0 Å². The van der Waals surface area contributed by atoms with Crippen molar-refractivity contribution >= 4 is 5.78 Å². The molecule has 2 nitrogen and oxygen atoms in total. The lowest BCUT2D eigenvalue weighted by molar-refractivity contribution is -0.114. The summed E-state index contributed by atoms with van der Waals surface area (Å²) >= 11 is 0. The maximum Gasteiger partial charge on any atom is 0.156 e. The predicted molar refractivity (Wildman–Crippen MR) is 57.0 cm³/mol. The fraction of sp³-hybridized carbons (Fsp3) is 0.333. The number of rotatable bonds is 4. The second kappa shape index (κ2) is 5.32. The molecular formula is C12H15NO. The van der Waals surface area contributed by atoms with Crippen LogP contribution in [-0.2, 0) is 11.2 Å². The quantitative estimate of drug-likeness (QED) is 0.681. The second-order valence-corrected chi connectivity index (χ2v) is 3.51. The lowest BCUT2D eigenvalue weighted by Crippen LogP contribution is -1.98. The van der Waals surface area contributed by atoms with Crippen LogP contribution >= 0.6 is 0 Å². The van der Waals surface area contributed by atoms with E-state index in [9.17, 15) is 4.79 Å². The van der Waals surface area contributed by atoms with Crippen LogP contribution in [0.1, 0.15) is 26.0 Å². The zero-order valence-corrected chi connectivity index (χ0v) is 8.66. The van der Waals surface area contributed by atoms with Gasteiger partial charge in [0, 0.05) is 18.3 Å². The van der Waals surface area contributed by atoms with Crippen LogP contribution in [-0.4, -0.2) is 10.8 Å². The van der Waals surface area contributed by atoms with Gasteiger partial charge in [0.2, 0.25) is 0 Å². The third-order valence-electron chi connectivity index (χ3n) is 1.80. The van der Waals surface area contributed by atoms with Crippen LogP contribution in [0.25, 0.3) is 0 Å². The summed E-state index contributed by atoms with van der Waals surface area (Å²) in [5.74, 6) is 0.177. The average molecular weight is 189 g/mol. The molecule has 0 spiro atoms. The van der Waals surface area contributed by atoms with Gasteiger partial charge in [0.25, 0.3) is 0 Å². The van der Waals surface area contributed by atoms with Gasteiger partial charge in [-0.2, -0.15) is 0 Å². The molecule has 0 saturated carbocycles. The molecule has 1 heterocycles. The first-order valence-corrected chi connectivity index (χ1v) is 4.76. The van der Waals surface area contributed by atoms with Crippen LogP contribution < -0.4 is 0 Å². The number of carbonyl (C=O) groups is 1. The van der Waals surface area contributed by atoms with Gasteiger partial charge < -0.3 is 0 Å². The Balaban J connectivity index is 2.42. The molecule has 14 heavy (non-hydrogen) atoms. The number of aromatic nitrogens is 1. The average Bonchev–Trinajstić information content (AvgIpc) is 2.15. The number of aryl methyl sites for hydroxylation is 1. The summed E-state index contributed by atoms with van der Waals surface area (Å²) in [7, 11) is 0. The van der Waals surface area contributed by atoms with Crippen LogP contribution in [0.3, 0.4) is 0 Å². The van der Waals surface area contributed by atoms with Crippen molar-refractivity contribution in [2.75, 3.05) is 0 Å². The predicted octanol–water partition coefficient (Wildman–Crippen LogP) is 2.55. The molecule has 0 atom stereocenters. The first kappa shape index (κ1) is 10.6. The second-order valence-electron chi connectivity index (χ2n) is 3.51. The van der Waals surface area contributed by atoms with Crippen LogP contribution in [0.5, 0.6) is 0 Å². The normalized spacial score (nSPS) is 9.57. The van der Waals surface area contributed by atoms with Crippen LogP contribution in [0.4, 0.5) is 0 Å². The van der Waals surface area contributed by atoms with E-state index in [0.29, 0.717) is 6.42 Å². The molecular weight excluding hydrogens is 174 g/mol. The Bertz CT molecular complexity index is 323. The molecule has 2 heteroatoms. The van der Waals surface area contributed by atoms with E-state index in [1.54, 1.807) is 12.3 Å². The van der Waals surface area contributed by atoms with E-state index >= 15 is 0 Å². The number of allylic oxidation sites excluding steroid dienone is 2. The molecule has 0 aliphatic heterocycles. The zero-order valence-electron chi connectivity index (χ0n) is 8.66. The van der Waals surface area contributed by atoms with Gasteiger partial charge in [-0.25, -0.2) is 0 Å². The summed E-state index contributed by atoms with van der Waals surface area (Å²) in [5.41, 5.74) is 2.03. The van der Waals surface area contributed by atoms with Gasteiger partial charge in [0.05, 0.1) is 0 Å². The summed E-state index contributed by atoms with van der Waals surface area (Å²) in [6.45, 7) is 3.86. The molecule has 0 bridgehead atoms. The molecule has 74 valence electrons. The minimum atomic E-state index is 0.177. The van der Waals surface area contributed by atoms with Crippen molar-refractivity contribution in [2.45, 2.75) is 26.7 Å². The van der Waals surface area contributed by atoms with Crippen molar-refractivity contribution in [3.8, 4) is 0 Å². The van der Waals surface area contributed by atoms with Gasteiger partial charge in [-0.3, -0.25) is 9.78 Å². The smallest absolute Gasteiger partial charge is 0.156 e. The van der Waals surface area contributed by atoms with Crippen molar-refractivity contribution in [2.24, 2.45) is 0 Å². The number of carbonyl (C=O) groups excluding carboxylic acids is 1. The maximum absolute atomic E-state index is 11.3. The van der Waals surface area contributed by atoms with Gasteiger partial charge in [-0.1, -0.05) is 11.6 Å². The van der Waals surface area contributed by atoms with Crippen LogP contribution in [0, 0.1) is 0 Å². The number of hydrogen-bond acceptors (Lipinski definition) is 2. The van der Waals surface area contributed by atoms with Gasteiger partial charge in [0.1, 0.15) is 0 Å². The van der Waals surface area contributed by atoms with E-state index in [-0.39, 0.29) is 5.78 Å². The highest BCUT2D eigenvalue weighted by Crippen LogP contribution is 2.01. The van der Waals surface area contributed by atoms with Crippen molar-refractivity contribution < 1.29 is 4.79 Å². The summed E-state index contributed by atoms with van der Waals surface area (Å²) < 4.78 is 0. The fourth-order valence-corrected chi connectivity index (χ4v) is 1.19. The first-order chi connectivity index (χ1) is 6.68. The summed E-state index contributed by atoms with van der Waals surface area (Å²) in [5, 5.41) is 0. The molecule has 0 N–H and O–H groups in total. The molecule has 0 unspecified atom stereocenters. The van der Waals surface area contributed by atoms with E-state index in [0.717, 1.165) is 17.7 Å². The van der Waals surface area contributed by atoms with Crippen molar-refractivity contribution in [1.29, 1.82) is 0 Å². The Hall–Kier alpha value is -1.44. The van der Waals surface area contributed by atoms with Gasteiger partial charge in [-0.15, -0.1) is 0 Å². The molecule has 0 aliphatic carbocycles. The largest absolute Gasteiger partial charge is 0.295 e. The minimum Gasteiger partial charge on any atom is -0.295 e. The highest BCUT2D eigenvalue weighted by atomic mass is 16.1. The SMILES string of the molecule is CC(C)=CC(=O)CCc1ccccn1. The summed E-state index contributed by atoms with van der Waals surface area (Å²) in [4.78, 5) is 15.5. The van der Waals surface area contributed by atoms with Crippen molar-refractivity contribution in [3.63, 3.8) is 0 Å². The Labute approximate surface area is 84.7 Å². The highest BCUT2D eigenvalue weighted by molar-refractivity contribution is 5.90. The molecule has 0 aromatic carbocycles. The Morgan fingerprint density at radius 3 is 2.79 bits per heavy atom. The van der Waals surface area contributed by atoms with E-state index in [4.69, 9.17) is 0 Å². The standard InChI is InChI=1S/C12H15NO/c1-10(2)9-12(14)7-6-11-5-3-4-8-13-11/h3-5,8-9H,6-7H2,1-2H3. The third kappa shape index (κ3) is 3.99. The molecule has 0 saturated heterocycles. The maximum atomic E-state index is 11.3. The number of ketones is 1. The van der Waals surface area contributed by atoms with E-state index in [2.05, 4.69) is 4.98 Å². The Kier molecular flexibility index (Phi) is 4.05. The van der Waals surface area contributed by atoms with E-state index < -0.39 is 0 Å². The molecule has 1 aromatic heterocycles. The van der Waals surface area contributed by atoms with Crippen molar-refractivity contribution in [1.82, 2.24) is 4.98 Å². The Morgan fingerprint density at radius 2 is 2.21 bits per heavy atom. The molecule has 0 fully saturated rings. The minimum absolute atomic E-state index is 0.177. The van der Waals surface area contributed by atoms with Crippen LogP contribution in [0.15, 0.2) is 36.0 Å². The highest BCUT2D eigenvalue weighted by Gasteiger charge is 1.99. The number of nitrogens with zero attached hydrogens (tertiary/aromatic N) is 1. The van der Waals surface area contributed by atoms with Gasteiger partial charge in [-0.05, 0) is 38.5 Å². The lowest BCUT2D eigenvalue weighted by Gasteiger charge is -1.97. The van der Waals surface area contributed by atoms with E-state index in [1.807, 2.05) is 32.0 Å². The molecule has 1 rings (SSSR count). The summed E-state index contributed by atoms with van der Waals surface area (Å²) in [6, 6.07) is 5.75. The molecule has 0 radical (unpaired) electrons. The zero-order chi connectivity index (χ0) is 10.4. The molecule has 0 amide bonds. The summed E-state index contributed by atoms with van der Waals surface area (Å²) in [6.07, 6.45) is 4.70. The van der Waals surface area contributed by atoms with Crippen LogP contribution in [0.2, 0.25) is 0 Å². The lowest BCUT2D eigenvalue weighted by atomic mass is 10.1. The molecule has 0 aliphatic rings. The fourth-order valence-electron chi connectivity index (χ4n) is 1.19. The first-order valence-electron chi connectivity index (χ1n) is 4.76. The molecule has 1 aromatic rings. The van der Waals surface area contributed by atoms with Gasteiger partial charge >= 0.3 is 0 Å². The topological polar surface area (TPSA) is 30.0 Å². The van der Waals surface area contributed by atoms with Gasteiger partial charge in [0.15, 0.2) is 5.78 Å². The number of pyridine rings is 1. The Morgan fingerprint density at radius 1 is 1.43 bits per heavy atom. The monoisotopic (exact) mass is 189 g/mol. The third-order valence-corrected chi connectivity index (χ3v) is 1.80. The number of hydrogen-bond donors (Lipinski definition) is 0. The van der Waals surface area contributed by atoms with Crippen molar-refractivity contribution in [3.05, 3.63) is 41.7 Å².